The van der Waals surface area contributed by atoms with E-state index < -0.39 is 23.4 Å². The maximum atomic E-state index is 15.7. The number of rotatable bonds is 8. The summed E-state index contributed by atoms with van der Waals surface area (Å²) in [5.74, 6) is -2.63. The van der Waals surface area contributed by atoms with Crippen LogP contribution >= 0.6 is 23.2 Å². The highest BCUT2D eigenvalue weighted by molar-refractivity contribution is 6.34. The Morgan fingerprint density at radius 1 is 1.02 bits per heavy atom. The smallest absolute Gasteiger partial charge is 0.337 e. The number of ether oxygens (including phenoxy) is 2. The van der Waals surface area contributed by atoms with Crippen LogP contribution in [0.5, 0.6) is 5.88 Å². The van der Waals surface area contributed by atoms with E-state index in [9.17, 15) is 14.3 Å². The average molecular weight is 656 g/mol. The highest BCUT2D eigenvalue weighted by atomic mass is 35.5. The first-order chi connectivity index (χ1) is 21.4. The Hall–Kier alpha value is -4.12. The van der Waals surface area contributed by atoms with Gasteiger partial charge in [-0.3, -0.25) is 0 Å². The maximum absolute atomic E-state index is 15.7. The number of nitrogens with zero attached hydrogens (tertiary/aromatic N) is 3. The van der Waals surface area contributed by atoms with Crippen LogP contribution in [0, 0.1) is 22.9 Å². The molecular formula is C33H26Cl2F3N3O4. The van der Waals surface area contributed by atoms with E-state index in [1.165, 1.54) is 42.5 Å². The molecule has 2 aromatic heterocycles. The Bertz CT molecular complexity index is 1960. The molecule has 45 heavy (non-hydrogen) atoms. The molecule has 1 aliphatic rings. The molecule has 0 amide bonds. The zero-order valence-electron chi connectivity index (χ0n) is 24.1. The van der Waals surface area contributed by atoms with Crippen molar-refractivity contribution in [2.45, 2.75) is 32.9 Å². The number of carboxylic acids is 1. The topological polar surface area (TPSA) is 86.5 Å². The van der Waals surface area contributed by atoms with E-state index in [-0.39, 0.29) is 68.4 Å². The lowest BCUT2D eigenvalue weighted by Crippen LogP contribution is -2.27. The van der Waals surface area contributed by atoms with Crippen molar-refractivity contribution in [2.24, 2.45) is 5.41 Å². The Morgan fingerprint density at radius 3 is 2.51 bits per heavy atom. The lowest BCUT2D eigenvalue weighted by Gasteiger charge is -2.28. The summed E-state index contributed by atoms with van der Waals surface area (Å²) in [6.07, 6.45) is -0.0897. The van der Waals surface area contributed by atoms with Crippen LogP contribution in [0.1, 0.15) is 47.2 Å². The number of halogens is 5. The number of fused-ring (bicyclic) bond motifs is 1. The molecule has 5 aromatic rings. The predicted molar refractivity (Wildman–Crippen MR) is 163 cm³/mol. The standard InChI is InChI=1S/C33H26Cl2F3N3O4/c1-33(2)16-44-15-29(33)41-28-12-20(32(42)43)22(35)13-27(28)39-30(41)9-18-8-25(38)21(11-24(18)37)26-4-3-5-31(40-26)45-14-17-6-7-19(34)10-23(17)36/h3-8,10-13,29H,9,14-16H2,1-2H3,(H,42,43). The lowest BCUT2D eigenvalue weighted by molar-refractivity contribution is 0.0697. The molecule has 1 aliphatic heterocycles. The molecule has 12 heteroatoms. The highest BCUT2D eigenvalue weighted by Crippen LogP contribution is 2.41. The largest absolute Gasteiger partial charge is 0.478 e. The van der Waals surface area contributed by atoms with Crippen LogP contribution in [0.3, 0.4) is 0 Å². The van der Waals surface area contributed by atoms with Crippen molar-refractivity contribution in [2.75, 3.05) is 13.2 Å². The highest BCUT2D eigenvalue weighted by Gasteiger charge is 2.39. The van der Waals surface area contributed by atoms with Gasteiger partial charge >= 0.3 is 5.97 Å². The van der Waals surface area contributed by atoms with Gasteiger partial charge in [-0.2, -0.15) is 0 Å². The fraction of sp³-hybridized carbons (Fsp3) is 0.242. The minimum Gasteiger partial charge on any atom is -0.478 e. The SMILES string of the molecule is CC1(C)COCC1n1c(Cc2cc(F)c(-c3cccc(OCc4ccc(Cl)cc4F)n3)cc2F)nc2cc(Cl)c(C(=O)O)cc21. The summed E-state index contributed by atoms with van der Waals surface area (Å²) in [6.45, 7) is 4.68. The van der Waals surface area contributed by atoms with Gasteiger partial charge in [0, 0.05) is 34.1 Å². The summed E-state index contributed by atoms with van der Waals surface area (Å²) in [6, 6.07) is 13.6. The summed E-state index contributed by atoms with van der Waals surface area (Å²) in [5, 5.41) is 9.94. The van der Waals surface area contributed by atoms with Crippen molar-refractivity contribution in [3.8, 4) is 17.1 Å². The van der Waals surface area contributed by atoms with Gasteiger partial charge < -0.3 is 19.1 Å². The van der Waals surface area contributed by atoms with E-state index >= 15 is 8.78 Å². The van der Waals surface area contributed by atoms with Crippen LogP contribution < -0.4 is 4.74 Å². The van der Waals surface area contributed by atoms with Crippen LogP contribution in [0.4, 0.5) is 13.2 Å². The van der Waals surface area contributed by atoms with E-state index in [0.29, 0.717) is 30.1 Å². The Balaban J connectivity index is 1.33. The monoisotopic (exact) mass is 655 g/mol. The molecule has 1 N–H and O–H groups in total. The second-order valence-electron chi connectivity index (χ2n) is 11.5. The molecule has 1 saturated heterocycles. The van der Waals surface area contributed by atoms with Gasteiger partial charge in [0.25, 0.3) is 0 Å². The minimum absolute atomic E-state index is 0.0201. The molecule has 0 spiro atoms. The normalized spacial score (nSPS) is 15.9. The van der Waals surface area contributed by atoms with Crippen molar-refractivity contribution in [1.82, 2.24) is 14.5 Å². The number of hydrogen-bond acceptors (Lipinski definition) is 5. The molecule has 7 nitrogen and oxygen atoms in total. The van der Waals surface area contributed by atoms with Gasteiger partial charge in [0.05, 0.1) is 46.6 Å². The minimum atomic E-state index is -1.19. The maximum Gasteiger partial charge on any atom is 0.337 e. The fourth-order valence-electron chi connectivity index (χ4n) is 5.51. The summed E-state index contributed by atoms with van der Waals surface area (Å²) < 4.78 is 58.6. The second kappa shape index (κ2) is 12.0. The van der Waals surface area contributed by atoms with E-state index in [1.54, 1.807) is 6.07 Å². The first-order valence-corrected chi connectivity index (χ1v) is 14.7. The molecule has 232 valence electrons. The van der Waals surface area contributed by atoms with Gasteiger partial charge in [-0.05, 0) is 48.0 Å². The van der Waals surface area contributed by atoms with Gasteiger partial charge in [-0.25, -0.2) is 27.9 Å². The fourth-order valence-corrected chi connectivity index (χ4v) is 5.90. The van der Waals surface area contributed by atoms with Crippen molar-refractivity contribution < 1.29 is 32.5 Å². The molecule has 1 unspecified atom stereocenters. The summed E-state index contributed by atoms with van der Waals surface area (Å²) in [5.41, 5.74) is 0.833. The number of carboxylic acid groups (broad SMARTS) is 1. The third-order valence-electron chi connectivity index (χ3n) is 7.92. The molecule has 0 saturated carbocycles. The van der Waals surface area contributed by atoms with Crippen molar-refractivity contribution in [3.05, 3.63) is 111 Å². The Labute approximate surface area is 266 Å². The molecule has 6 rings (SSSR count). The number of aromatic nitrogens is 3. The third kappa shape index (κ3) is 6.10. The molecular weight excluding hydrogens is 630 g/mol. The molecule has 0 radical (unpaired) electrons. The zero-order valence-corrected chi connectivity index (χ0v) is 25.6. The summed E-state index contributed by atoms with van der Waals surface area (Å²) in [7, 11) is 0. The third-order valence-corrected chi connectivity index (χ3v) is 8.47. The molecule has 0 bridgehead atoms. The van der Waals surface area contributed by atoms with Crippen molar-refractivity contribution >= 4 is 40.2 Å². The van der Waals surface area contributed by atoms with Crippen LogP contribution in [-0.4, -0.2) is 38.8 Å². The number of hydrogen-bond donors (Lipinski definition) is 1. The zero-order chi connectivity index (χ0) is 32.0. The van der Waals surface area contributed by atoms with Gasteiger partial charge in [-0.1, -0.05) is 49.2 Å². The number of carbonyl (C=O) groups is 1. The van der Waals surface area contributed by atoms with Crippen LogP contribution in [0.2, 0.25) is 10.0 Å². The number of benzene rings is 3. The lowest BCUT2D eigenvalue weighted by atomic mass is 9.87. The van der Waals surface area contributed by atoms with Crippen molar-refractivity contribution in [1.29, 1.82) is 0 Å². The number of pyridine rings is 1. The number of imidazole rings is 1. The van der Waals surface area contributed by atoms with Crippen LogP contribution in [-0.2, 0) is 17.8 Å². The summed E-state index contributed by atoms with van der Waals surface area (Å²) >= 11 is 12.0. The average Bonchev–Trinajstić information content (AvgIpc) is 3.50. The van der Waals surface area contributed by atoms with E-state index in [2.05, 4.69) is 9.97 Å². The predicted octanol–water partition coefficient (Wildman–Crippen LogP) is 8.29. The quantitative estimate of drug-likeness (QED) is 0.181. The van der Waals surface area contributed by atoms with Gasteiger partial charge in [-0.15, -0.1) is 0 Å². The molecule has 3 heterocycles. The van der Waals surface area contributed by atoms with Gasteiger partial charge in [0.15, 0.2) is 0 Å². The van der Waals surface area contributed by atoms with Gasteiger partial charge in [0.1, 0.15) is 29.9 Å². The molecule has 1 fully saturated rings. The van der Waals surface area contributed by atoms with Crippen LogP contribution in [0.25, 0.3) is 22.3 Å². The van der Waals surface area contributed by atoms with E-state index in [1.807, 2.05) is 18.4 Å². The second-order valence-corrected chi connectivity index (χ2v) is 12.4. The van der Waals surface area contributed by atoms with Crippen molar-refractivity contribution in [3.63, 3.8) is 0 Å². The van der Waals surface area contributed by atoms with E-state index in [0.717, 1.165) is 12.1 Å². The van der Waals surface area contributed by atoms with E-state index in [4.69, 9.17) is 32.7 Å². The van der Waals surface area contributed by atoms with Crippen LogP contribution in [0.15, 0.2) is 60.7 Å². The first kappa shape index (κ1) is 30.9. The Morgan fingerprint density at radius 2 is 1.80 bits per heavy atom. The summed E-state index contributed by atoms with van der Waals surface area (Å²) in [4.78, 5) is 20.8. The van der Waals surface area contributed by atoms with Gasteiger partial charge in [0.2, 0.25) is 5.88 Å². The Kier molecular flexibility index (Phi) is 8.24. The molecule has 3 aromatic carbocycles. The number of aromatic carboxylic acids is 1. The molecule has 0 aliphatic carbocycles. The molecule has 1 atom stereocenters. The first-order valence-electron chi connectivity index (χ1n) is 13.9.